The fourth-order valence-electron chi connectivity index (χ4n) is 3.02. The van der Waals surface area contributed by atoms with Crippen LogP contribution in [0.4, 0.5) is 5.69 Å². The smallest absolute Gasteiger partial charge is 0.228 e. The molecular formula is C19H19ClN2O2. The number of nitrogens with zero attached hydrogens (tertiary/aromatic N) is 2. The lowest BCUT2D eigenvalue weighted by Gasteiger charge is -2.22. The van der Waals surface area contributed by atoms with Crippen LogP contribution in [0.5, 0.6) is 0 Å². The summed E-state index contributed by atoms with van der Waals surface area (Å²) in [6.45, 7) is 0.914. The van der Waals surface area contributed by atoms with Gasteiger partial charge in [-0.3, -0.25) is 9.59 Å². The third kappa shape index (κ3) is 3.44. The first kappa shape index (κ1) is 16.5. The lowest BCUT2D eigenvalue weighted by Crippen LogP contribution is -2.34. The highest BCUT2D eigenvalue weighted by molar-refractivity contribution is 6.33. The minimum Gasteiger partial charge on any atom is -0.341 e. The molecule has 0 aromatic heterocycles. The molecule has 1 saturated heterocycles. The molecule has 124 valence electrons. The zero-order chi connectivity index (χ0) is 17.1. The predicted octanol–water partition coefficient (Wildman–Crippen LogP) is 3.35. The molecule has 2 aromatic rings. The van der Waals surface area contributed by atoms with E-state index in [-0.39, 0.29) is 24.2 Å². The fraction of sp³-hybridized carbons (Fsp3) is 0.263. The van der Waals surface area contributed by atoms with E-state index < -0.39 is 0 Å². The molecule has 1 atom stereocenters. The predicted molar refractivity (Wildman–Crippen MR) is 94.8 cm³/mol. The first-order valence-electron chi connectivity index (χ1n) is 7.90. The number of carbonyl (C=O) groups is 2. The minimum absolute atomic E-state index is 0.0123. The molecule has 3 rings (SSSR count). The van der Waals surface area contributed by atoms with Crippen LogP contribution in [0.3, 0.4) is 0 Å². The zero-order valence-corrected chi connectivity index (χ0v) is 14.2. The Hall–Kier alpha value is -2.33. The number of hydrogen-bond donors (Lipinski definition) is 0. The van der Waals surface area contributed by atoms with E-state index in [1.54, 1.807) is 29.0 Å². The van der Waals surface area contributed by atoms with E-state index in [0.717, 1.165) is 5.56 Å². The molecule has 1 heterocycles. The number of anilines is 1. The van der Waals surface area contributed by atoms with E-state index in [0.29, 0.717) is 23.8 Å². The van der Waals surface area contributed by atoms with E-state index in [4.69, 9.17) is 11.6 Å². The van der Waals surface area contributed by atoms with E-state index >= 15 is 0 Å². The van der Waals surface area contributed by atoms with Crippen LogP contribution >= 0.6 is 11.6 Å². The highest BCUT2D eigenvalue weighted by atomic mass is 35.5. The molecule has 1 aliphatic heterocycles. The fourth-order valence-corrected chi connectivity index (χ4v) is 3.26. The Bertz CT molecular complexity index is 748. The molecule has 4 nitrogen and oxygen atoms in total. The van der Waals surface area contributed by atoms with Gasteiger partial charge < -0.3 is 9.80 Å². The zero-order valence-electron chi connectivity index (χ0n) is 13.5. The van der Waals surface area contributed by atoms with Gasteiger partial charge in [-0.25, -0.2) is 0 Å². The van der Waals surface area contributed by atoms with Crippen LogP contribution in [-0.4, -0.2) is 30.3 Å². The van der Waals surface area contributed by atoms with Gasteiger partial charge >= 0.3 is 0 Å². The number of para-hydroxylation sites is 1. The third-order valence-corrected chi connectivity index (χ3v) is 4.58. The third-order valence-electron chi connectivity index (χ3n) is 4.26. The Morgan fingerprint density at radius 2 is 1.83 bits per heavy atom. The van der Waals surface area contributed by atoms with Crippen molar-refractivity contribution in [3.8, 4) is 0 Å². The molecule has 0 radical (unpaired) electrons. The molecule has 1 unspecified atom stereocenters. The van der Waals surface area contributed by atoms with Crippen molar-refractivity contribution in [2.45, 2.75) is 13.0 Å². The van der Waals surface area contributed by atoms with Gasteiger partial charge in [0.2, 0.25) is 11.8 Å². The lowest BCUT2D eigenvalue weighted by atomic mass is 10.1. The number of halogens is 1. The van der Waals surface area contributed by atoms with Gasteiger partial charge in [0, 0.05) is 26.6 Å². The van der Waals surface area contributed by atoms with Gasteiger partial charge in [-0.2, -0.15) is 0 Å². The van der Waals surface area contributed by atoms with Crippen LogP contribution in [0.15, 0.2) is 54.6 Å². The van der Waals surface area contributed by atoms with Crippen LogP contribution in [0, 0.1) is 5.92 Å². The summed E-state index contributed by atoms with van der Waals surface area (Å²) < 4.78 is 0. The highest BCUT2D eigenvalue weighted by Gasteiger charge is 2.37. The summed E-state index contributed by atoms with van der Waals surface area (Å²) in [5, 5.41) is 0.525. The van der Waals surface area contributed by atoms with Gasteiger partial charge in [0.25, 0.3) is 0 Å². The van der Waals surface area contributed by atoms with Gasteiger partial charge in [0.05, 0.1) is 16.6 Å². The van der Waals surface area contributed by atoms with Crippen LogP contribution in [0.1, 0.15) is 12.0 Å². The Morgan fingerprint density at radius 3 is 2.54 bits per heavy atom. The largest absolute Gasteiger partial charge is 0.341 e. The first-order valence-corrected chi connectivity index (χ1v) is 8.28. The van der Waals surface area contributed by atoms with E-state index in [1.807, 2.05) is 42.5 Å². The minimum atomic E-state index is -0.331. The molecule has 0 N–H and O–H groups in total. The quantitative estimate of drug-likeness (QED) is 0.855. The van der Waals surface area contributed by atoms with Crippen molar-refractivity contribution in [2.75, 3.05) is 18.5 Å². The summed E-state index contributed by atoms with van der Waals surface area (Å²) in [5.41, 5.74) is 1.74. The Morgan fingerprint density at radius 1 is 1.17 bits per heavy atom. The van der Waals surface area contributed by atoms with Crippen LogP contribution < -0.4 is 4.90 Å². The van der Waals surface area contributed by atoms with E-state index in [2.05, 4.69) is 0 Å². The Labute approximate surface area is 146 Å². The second kappa shape index (κ2) is 7.05. The Balaban J connectivity index is 1.69. The van der Waals surface area contributed by atoms with Gasteiger partial charge in [-0.05, 0) is 17.7 Å². The van der Waals surface area contributed by atoms with E-state index in [9.17, 15) is 9.59 Å². The summed E-state index contributed by atoms with van der Waals surface area (Å²) in [6.07, 6.45) is 0.225. The van der Waals surface area contributed by atoms with Crippen molar-refractivity contribution in [1.29, 1.82) is 0 Å². The number of rotatable bonds is 4. The standard InChI is InChI=1S/C19H19ClN2O2/c1-21(12-14-7-3-2-4-8-14)19(24)15-11-18(23)22(13-15)17-10-6-5-9-16(17)20/h2-10,15H,11-13H2,1H3. The normalized spacial score (nSPS) is 17.2. The topological polar surface area (TPSA) is 40.6 Å². The van der Waals surface area contributed by atoms with Crippen LogP contribution in [-0.2, 0) is 16.1 Å². The van der Waals surface area contributed by atoms with Gasteiger partial charge in [0.15, 0.2) is 0 Å². The molecule has 2 amide bonds. The molecule has 1 fully saturated rings. The second-order valence-corrected chi connectivity index (χ2v) is 6.44. The van der Waals surface area contributed by atoms with Crippen molar-refractivity contribution in [3.05, 3.63) is 65.2 Å². The molecule has 0 aliphatic carbocycles. The number of amides is 2. The lowest BCUT2D eigenvalue weighted by molar-refractivity contribution is -0.135. The highest BCUT2D eigenvalue weighted by Crippen LogP contribution is 2.31. The van der Waals surface area contributed by atoms with E-state index in [1.165, 1.54) is 0 Å². The number of hydrogen-bond acceptors (Lipinski definition) is 2. The van der Waals surface area contributed by atoms with Gasteiger partial charge in [-0.1, -0.05) is 54.1 Å². The van der Waals surface area contributed by atoms with Crippen molar-refractivity contribution < 1.29 is 9.59 Å². The molecule has 5 heteroatoms. The summed E-state index contributed by atoms with van der Waals surface area (Å²) >= 11 is 6.18. The molecule has 24 heavy (non-hydrogen) atoms. The molecule has 1 aliphatic rings. The van der Waals surface area contributed by atoms with Crippen molar-refractivity contribution in [2.24, 2.45) is 5.92 Å². The molecular weight excluding hydrogens is 324 g/mol. The van der Waals surface area contributed by atoms with Crippen molar-refractivity contribution in [1.82, 2.24) is 4.90 Å². The summed E-state index contributed by atoms with van der Waals surface area (Å²) in [5.74, 6) is -0.404. The van der Waals surface area contributed by atoms with Crippen molar-refractivity contribution >= 4 is 29.1 Å². The van der Waals surface area contributed by atoms with Gasteiger partial charge in [-0.15, -0.1) is 0 Å². The summed E-state index contributed by atoms with van der Waals surface area (Å²) in [6, 6.07) is 17.0. The average molecular weight is 343 g/mol. The molecule has 0 bridgehead atoms. The maximum Gasteiger partial charge on any atom is 0.228 e. The SMILES string of the molecule is CN(Cc1ccccc1)C(=O)C1CC(=O)N(c2ccccc2Cl)C1. The summed E-state index contributed by atoms with van der Waals surface area (Å²) in [4.78, 5) is 28.3. The monoisotopic (exact) mass is 342 g/mol. The second-order valence-electron chi connectivity index (χ2n) is 6.04. The van der Waals surface area contributed by atoms with Crippen LogP contribution in [0.2, 0.25) is 5.02 Å². The maximum absolute atomic E-state index is 12.7. The Kier molecular flexibility index (Phi) is 4.86. The molecule has 0 spiro atoms. The number of benzene rings is 2. The average Bonchev–Trinajstić information content (AvgIpc) is 2.97. The molecule has 2 aromatic carbocycles. The van der Waals surface area contributed by atoms with Gasteiger partial charge in [0.1, 0.15) is 0 Å². The van der Waals surface area contributed by atoms with Crippen LogP contribution in [0.25, 0.3) is 0 Å². The summed E-state index contributed by atoms with van der Waals surface area (Å²) in [7, 11) is 1.78. The number of carbonyl (C=O) groups excluding carboxylic acids is 2. The van der Waals surface area contributed by atoms with Crippen molar-refractivity contribution in [3.63, 3.8) is 0 Å². The molecule has 0 saturated carbocycles. The maximum atomic E-state index is 12.7. The first-order chi connectivity index (χ1) is 11.6.